The molecule has 5 heteroatoms. The van der Waals surface area contributed by atoms with Gasteiger partial charge < -0.3 is 10.5 Å². The molecule has 1 aromatic heterocycles. The number of hydrogen-bond acceptors (Lipinski definition) is 3. The van der Waals surface area contributed by atoms with E-state index in [0.29, 0.717) is 12.6 Å². The van der Waals surface area contributed by atoms with Crippen molar-refractivity contribution >= 4 is 15.9 Å². The van der Waals surface area contributed by atoms with Gasteiger partial charge in [0.15, 0.2) is 5.75 Å². The summed E-state index contributed by atoms with van der Waals surface area (Å²) in [6.45, 7) is 4.65. The average Bonchev–Trinajstić information content (AvgIpc) is 2.78. The highest BCUT2D eigenvalue weighted by molar-refractivity contribution is 9.10. The minimum Gasteiger partial charge on any atom is -0.454 e. The molecule has 1 heterocycles. The summed E-state index contributed by atoms with van der Waals surface area (Å²) < 4.78 is 8.55. The van der Waals surface area contributed by atoms with E-state index in [-0.39, 0.29) is 0 Å². The molecule has 4 nitrogen and oxygen atoms in total. The van der Waals surface area contributed by atoms with Gasteiger partial charge in [0.25, 0.3) is 0 Å². The molecule has 0 saturated carbocycles. The topological polar surface area (TPSA) is 53.1 Å². The van der Waals surface area contributed by atoms with Crippen LogP contribution in [0.1, 0.15) is 25.5 Å². The van der Waals surface area contributed by atoms with Crippen molar-refractivity contribution in [3.05, 3.63) is 40.6 Å². The molecule has 0 saturated heterocycles. The van der Waals surface area contributed by atoms with Gasteiger partial charge in [-0.25, -0.2) is 0 Å². The molecule has 0 radical (unpaired) electrons. The van der Waals surface area contributed by atoms with E-state index in [1.54, 1.807) is 6.20 Å². The smallest absolute Gasteiger partial charge is 0.165 e. The fourth-order valence-electron chi connectivity index (χ4n) is 1.55. The van der Waals surface area contributed by atoms with E-state index in [9.17, 15) is 0 Å². The van der Waals surface area contributed by atoms with Gasteiger partial charge in [-0.05, 0) is 31.5 Å². The first-order chi connectivity index (χ1) is 8.60. The van der Waals surface area contributed by atoms with Crippen molar-refractivity contribution in [3.63, 3.8) is 0 Å². The molecule has 0 aliphatic heterocycles. The van der Waals surface area contributed by atoms with Crippen molar-refractivity contribution in [3.8, 4) is 11.5 Å². The number of rotatable bonds is 4. The van der Waals surface area contributed by atoms with E-state index in [2.05, 4.69) is 34.9 Å². The number of hydrogen-bond donors (Lipinski definition) is 1. The van der Waals surface area contributed by atoms with Crippen molar-refractivity contribution in [1.82, 2.24) is 9.78 Å². The van der Waals surface area contributed by atoms with Crippen LogP contribution in [0.2, 0.25) is 0 Å². The van der Waals surface area contributed by atoms with Crippen LogP contribution in [0.15, 0.2) is 35.1 Å². The van der Waals surface area contributed by atoms with Crippen molar-refractivity contribution in [2.45, 2.75) is 26.4 Å². The predicted octanol–water partition coefficient (Wildman–Crippen LogP) is 3.48. The number of aromatic nitrogens is 2. The van der Waals surface area contributed by atoms with E-state index >= 15 is 0 Å². The van der Waals surface area contributed by atoms with Gasteiger partial charge in [0.2, 0.25) is 0 Å². The Hall–Kier alpha value is -1.33. The predicted molar refractivity (Wildman–Crippen MR) is 74.7 cm³/mol. The molecule has 0 amide bonds. The summed E-state index contributed by atoms with van der Waals surface area (Å²) in [5, 5.41) is 4.23. The first kappa shape index (κ1) is 13.1. The van der Waals surface area contributed by atoms with E-state index in [1.165, 1.54) is 0 Å². The Bertz CT molecular complexity index is 537. The SMILES string of the molecule is CC(C)n1cc(Oc2ccc(CN)c(Br)c2)cn1. The first-order valence-electron chi connectivity index (χ1n) is 5.80. The second-order valence-corrected chi connectivity index (χ2v) is 5.16. The molecule has 0 aliphatic rings. The van der Waals surface area contributed by atoms with Crippen molar-refractivity contribution in [2.75, 3.05) is 0 Å². The van der Waals surface area contributed by atoms with Gasteiger partial charge in [0.05, 0.1) is 12.4 Å². The summed E-state index contributed by atoms with van der Waals surface area (Å²) >= 11 is 3.47. The molecular formula is C13H16BrN3O. The van der Waals surface area contributed by atoms with E-state index < -0.39 is 0 Å². The Morgan fingerprint density at radius 2 is 2.17 bits per heavy atom. The maximum absolute atomic E-state index is 5.74. The summed E-state index contributed by atoms with van der Waals surface area (Å²) in [7, 11) is 0. The third kappa shape index (κ3) is 2.91. The molecule has 0 unspecified atom stereocenters. The summed E-state index contributed by atoms with van der Waals surface area (Å²) in [5.41, 5.74) is 6.66. The van der Waals surface area contributed by atoms with Gasteiger partial charge in [-0.3, -0.25) is 4.68 Å². The van der Waals surface area contributed by atoms with Gasteiger partial charge in [-0.15, -0.1) is 0 Å². The highest BCUT2D eigenvalue weighted by atomic mass is 79.9. The molecule has 18 heavy (non-hydrogen) atoms. The van der Waals surface area contributed by atoms with Gasteiger partial charge in [-0.2, -0.15) is 5.10 Å². The summed E-state index contributed by atoms with van der Waals surface area (Å²) in [5.74, 6) is 1.50. The molecule has 1 aromatic carbocycles. The number of nitrogens with zero attached hydrogens (tertiary/aromatic N) is 2. The Labute approximate surface area is 115 Å². The Balaban J connectivity index is 2.15. The summed E-state index contributed by atoms with van der Waals surface area (Å²) in [6.07, 6.45) is 3.60. The quantitative estimate of drug-likeness (QED) is 0.940. The van der Waals surface area contributed by atoms with Gasteiger partial charge in [-0.1, -0.05) is 22.0 Å². The Morgan fingerprint density at radius 1 is 1.39 bits per heavy atom. The number of halogens is 1. The zero-order valence-corrected chi connectivity index (χ0v) is 12.0. The molecule has 96 valence electrons. The summed E-state index contributed by atoms with van der Waals surface area (Å²) in [6, 6.07) is 6.09. The van der Waals surface area contributed by atoms with Crippen LogP contribution < -0.4 is 10.5 Å². The zero-order chi connectivity index (χ0) is 13.1. The third-order valence-electron chi connectivity index (χ3n) is 2.59. The van der Waals surface area contributed by atoms with E-state index in [1.807, 2.05) is 29.1 Å². The molecule has 0 aliphatic carbocycles. The molecule has 2 aromatic rings. The Kier molecular flexibility index (Phi) is 4.04. The third-order valence-corrected chi connectivity index (χ3v) is 3.33. The van der Waals surface area contributed by atoms with Crippen LogP contribution >= 0.6 is 15.9 Å². The van der Waals surface area contributed by atoms with Crippen LogP contribution in [-0.2, 0) is 6.54 Å². The van der Waals surface area contributed by atoms with Crippen molar-refractivity contribution in [1.29, 1.82) is 0 Å². The lowest BCUT2D eigenvalue weighted by Crippen LogP contribution is -1.99. The number of ether oxygens (including phenoxy) is 1. The van der Waals surface area contributed by atoms with Crippen LogP contribution in [-0.4, -0.2) is 9.78 Å². The van der Waals surface area contributed by atoms with Crippen LogP contribution in [0.25, 0.3) is 0 Å². The lowest BCUT2D eigenvalue weighted by atomic mass is 10.2. The van der Waals surface area contributed by atoms with Gasteiger partial charge in [0.1, 0.15) is 5.75 Å². The normalized spacial score (nSPS) is 10.9. The minimum atomic E-state index is 0.328. The molecule has 2 rings (SSSR count). The number of nitrogens with two attached hydrogens (primary N) is 1. The highest BCUT2D eigenvalue weighted by Gasteiger charge is 2.05. The molecule has 0 atom stereocenters. The molecule has 0 bridgehead atoms. The Morgan fingerprint density at radius 3 is 2.72 bits per heavy atom. The highest BCUT2D eigenvalue weighted by Crippen LogP contribution is 2.27. The lowest BCUT2D eigenvalue weighted by molar-refractivity contribution is 0.476. The number of benzene rings is 1. The van der Waals surface area contributed by atoms with Crippen LogP contribution in [0.3, 0.4) is 0 Å². The fraction of sp³-hybridized carbons (Fsp3) is 0.308. The second kappa shape index (κ2) is 5.54. The maximum Gasteiger partial charge on any atom is 0.165 e. The molecule has 0 spiro atoms. The van der Waals surface area contributed by atoms with Crippen molar-refractivity contribution < 1.29 is 4.74 Å². The molecule has 2 N–H and O–H groups in total. The largest absolute Gasteiger partial charge is 0.454 e. The minimum absolute atomic E-state index is 0.328. The van der Waals surface area contributed by atoms with Crippen LogP contribution in [0.5, 0.6) is 11.5 Å². The van der Waals surface area contributed by atoms with Crippen molar-refractivity contribution in [2.24, 2.45) is 5.73 Å². The van der Waals surface area contributed by atoms with E-state index in [4.69, 9.17) is 10.5 Å². The molecular weight excluding hydrogens is 294 g/mol. The lowest BCUT2D eigenvalue weighted by Gasteiger charge is -2.06. The van der Waals surface area contributed by atoms with Gasteiger partial charge in [0, 0.05) is 17.1 Å². The second-order valence-electron chi connectivity index (χ2n) is 4.31. The average molecular weight is 310 g/mol. The first-order valence-corrected chi connectivity index (χ1v) is 6.60. The fourth-order valence-corrected chi connectivity index (χ4v) is 2.07. The van der Waals surface area contributed by atoms with E-state index in [0.717, 1.165) is 21.5 Å². The standard InChI is InChI=1S/C13H16BrN3O/c1-9(2)17-8-12(7-16-17)18-11-4-3-10(6-15)13(14)5-11/h3-5,7-9H,6,15H2,1-2H3. The monoisotopic (exact) mass is 309 g/mol. The van der Waals surface area contributed by atoms with Crippen LogP contribution in [0.4, 0.5) is 0 Å². The zero-order valence-electron chi connectivity index (χ0n) is 10.4. The molecule has 0 fully saturated rings. The maximum atomic E-state index is 5.74. The summed E-state index contributed by atoms with van der Waals surface area (Å²) in [4.78, 5) is 0. The van der Waals surface area contributed by atoms with Gasteiger partial charge >= 0.3 is 0 Å². The van der Waals surface area contributed by atoms with Crippen LogP contribution in [0, 0.1) is 0 Å².